The highest BCUT2D eigenvalue weighted by atomic mass is 19.3. The number of hydrogen-bond acceptors (Lipinski definition) is 0. The molecule has 1 fully saturated rings. The number of hydrogen-bond donors (Lipinski definition) is 0. The Kier molecular flexibility index (Phi) is 2.07. The van der Waals surface area contributed by atoms with Crippen molar-refractivity contribution in [3.63, 3.8) is 0 Å². The summed E-state index contributed by atoms with van der Waals surface area (Å²) >= 11 is 0. The molecule has 0 saturated heterocycles. The van der Waals surface area contributed by atoms with Gasteiger partial charge in [-0.25, -0.2) is 8.78 Å². The molecule has 0 aliphatic heterocycles. The molecule has 0 atom stereocenters. The molecule has 0 radical (unpaired) electrons. The Labute approximate surface area is 59.9 Å². The molecule has 0 aromatic carbocycles. The van der Waals surface area contributed by atoms with Crippen molar-refractivity contribution < 1.29 is 8.78 Å². The van der Waals surface area contributed by atoms with Gasteiger partial charge < -0.3 is 0 Å². The third-order valence-electron chi connectivity index (χ3n) is 2.10. The van der Waals surface area contributed by atoms with Crippen LogP contribution in [0.25, 0.3) is 0 Å². The van der Waals surface area contributed by atoms with Crippen LogP contribution in [-0.2, 0) is 0 Å². The van der Waals surface area contributed by atoms with E-state index in [1.54, 1.807) is 6.08 Å². The Morgan fingerprint density at radius 2 is 1.80 bits per heavy atom. The van der Waals surface area contributed by atoms with E-state index < -0.39 is 5.92 Å². The molecule has 0 amide bonds. The summed E-state index contributed by atoms with van der Waals surface area (Å²) < 4.78 is 25.0. The predicted octanol–water partition coefficient (Wildman–Crippen LogP) is 3.00. The Morgan fingerprint density at radius 1 is 1.30 bits per heavy atom. The lowest BCUT2D eigenvalue weighted by molar-refractivity contribution is -0.0410. The fraction of sp³-hybridized carbons (Fsp3) is 0.750. The van der Waals surface area contributed by atoms with Gasteiger partial charge in [-0.1, -0.05) is 6.08 Å². The van der Waals surface area contributed by atoms with E-state index in [1.165, 1.54) is 0 Å². The molecule has 0 N–H and O–H groups in total. The second-order valence-corrected chi connectivity index (χ2v) is 2.93. The van der Waals surface area contributed by atoms with Gasteiger partial charge in [-0.15, -0.1) is 6.58 Å². The minimum absolute atomic E-state index is 0.0453. The predicted molar refractivity (Wildman–Crippen MR) is 37.1 cm³/mol. The van der Waals surface area contributed by atoms with Crippen molar-refractivity contribution in [1.29, 1.82) is 0 Å². The normalized spacial score (nSPS) is 26.2. The van der Waals surface area contributed by atoms with E-state index in [0.717, 1.165) is 0 Å². The number of rotatable bonds is 1. The van der Waals surface area contributed by atoms with Gasteiger partial charge >= 0.3 is 0 Å². The molecule has 1 saturated carbocycles. The molecule has 0 aromatic heterocycles. The average molecular weight is 146 g/mol. The van der Waals surface area contributed by atoms with Crippen LogP contribution in [0.15, 0.2) is 12.7 Å². The van der Waals surface area contributed by atoms with Gasteiger partial charge in [-0.2, -0.15) is 0 Å². The topological polar surface area (TPSA) is 0 Å². The molecule has 2 heteroatoms. The number of alkyl halides is 2. The van der Waals surface area contributed by atoms with E-state index in [2.05, 4.69) is 6.58 Å². The molecule has 0 bridgehead atoms. The van der Waals surface area contributed by atoms with Crippen LogP contribution in [0, 0.1) is 5.92 Å². The summed E-state index contributed by atoms with van der Waals surface area (Å²) in [4.78, 5) is 0. The van der Waals surface area contributed by atoms with E-state index in [-0.39, 0.29) is 12.8 Å². The van der Waals surface area contributed by atoms with Crippen LogP contribution in [0.3, 0.4) is 0 Å². The van der Waals surface area contributed by atoms with Gasteiger partial charge in [0.25, 0.3) is 0 Å². The van der Waals surface area contributed by atoms with Crippen molar-refractivity contribution in [1.82, 2.24) is 0 Å². The second kappa shape index (κ2) is 2.69. The first-order valence-electron chi connectivity index (χ1n) is 3.64. The maximum absolute atomic E-state index is 12.5. The molecule has 0 nitrogen and oxygen atoms in total. The zero-order valence-electron chi connectivity index (χ0n) is 5.95. The molecule has 0 aromatic rings. The van der Waals surface area contributed by atoms with E-state index in [9.17, 15) is 8.78 Å². The van der Waals surface area contributed by atoms with E-state index in [0.29, 0.717) is 18.8 Å². The van der Waals surface area contributed by atoms with Crippen molar-refractivity contribution in [3.05, 3.63) is 12.7 Å². The maximum Gasteiger partial charge on any atom is 0.248 e. The van der Waals surface area contributed by atoms with Crippen molar-refractivity contribution in [2.24, 2.45) is 5.92 Å². The lowest BCUT2D eigenvalue weighted by atomic mass is 9.87. The first-order valence-corrected chi connectivity index (χ1v) is 3.64. The smallest absolute Gasteiger partial charge is 0.207 e. The lowest BCUT2D eigenvalue weighted by Crippen LogP contribution is -2.23. The fourth-order valence-electron chi connectivity index (χ4n) is 1.30. The van der Waals surface area contributed by atoms with Crippen LogP contribution in [-0.4, -0.2) is 5.92 Å². The van der Waals surface area contributed by atoms with Crippen LogP contribution in [0.2, 0.25) is 0 Å². The van der Waals surface area contributed by atoms with E-state index in [4.69, 9.17) is 0 Å². The minimum Gasteiger partial charge on any atom is -0.207 e. The summed E-state index contributed by atoms with van der Waals surface area (Å²) in [6, 6.07) is 0. The summed E-state index contributed by atoms with van der Waals surface area (Å²) in [5.41, 5.74) is 0. The van der Waals surface area contributed by atoms with Crippen LogP contribution in [0.5, 0.6) is 0 Å². The summed E-state index contributed by atoms with van der Waals surface area (Å²) in [7, 11) is 0. The van der Waals surface area contributed by atoms with Gasteiger partial charge in [0, 0.05) is 12.8 Å². The van der Waals surface area contributed by atoms with Crippen molar-refractivity contribution in [3.8, 4) is 0 Å². The fourth-order valence-corrected chi connectivity index (χ4v) is 1.30. The van der Waals surface area contributed by atoms with Gasteiger partial charge in [0.15, 0.2) is 0 Å². The molecule has 1 aliphatic rings. The van der Waals surface area contributed by atoms with Crippen molar-refractivity contribution in [2.45, 2.75) is 31.6 Å². The zero-order valence-corrected chi connectivity index (χ0v) is 5.95. The largest absolute Gasteiger partial charge is 0.248 e. The molecule has 0 spiro atoms. The summed E-state index contributed by atoms with van der Waals surface area (Å²) in [6.07, 6.45) is 3.09. The monoisotopic (exact) mass is 146 g/mol. The Morgan fingerprint density at radius 3 is 2.20 bits per heavy atom. The maximum atomic E-state index is 12.5. The number of halogens is 2. The summed E-state index contributed by atoms with van der Waals surface area (Å²) in [6.45, 7) is 3.59. The molecule has 10 heavy (non-hydrogen) atoms. The van der Waals surface area contributed by atoms with E-state index >= 15 is 0 Å². The Bertz CT molecular complexity index is 119. The highest BCUT2D eigenvalue weighted by molar-refractivity contribution is 4.86. The molecule has 1 rings (SSSR count). The van der Waals surface area contributed by atoms with Crippen molar-refractivity contribution in [2.75, 3.05) is 0 Å². The Hall–Kier alpha value is -0.400. The van der Waals surface area contributed by atoms with Gasteiger partial charge in [0.2, 0.25) is 5.92 Å². The molecule has 0 unspecified atom stereocenters. The van der Waals surface area contributed by atoms with Gasteiger partial charge in [-0.05, 0) is 18.8 Å². The van der Waals surface area contributed by atoms with Crippen LogP contribution in [0.4, 0.5) is 8.78 Å². The summed E-state index contributed by atoms with van der Waals surface area (Å²) in [5.74, 6) is -2.06. The SMILES string of the molecule is C=CC1CCC(F)(F)CC1. The number of allylic oxidation sites excluding steroid dienone is 1. The first-order chi connectivity index (χ1) is 4.64. The van der Waals surface area contributed by atoms with Gasteiger partial charge in [0.1, 0.15) is 0 Å². The van der Waals surface area contributed by atoms with Gasteiger partial charge in [0.05, 0.1) is 0 Å². The first kappa shape index (κ1) is 7.70. The molecular formula is C8H12F2. The van der Waals surface area contributed by atoms with Crippen LogP contribution < -0.4 is 0 Å². The standard InChI is InChI=1S/C8H12F2/c1-2-7-3-5-8(9,10)6-4-7/h2,7H,1,3-6H2. The summed E-state index contributed by atoms with van der Waals surface area (Å²) in [5, 5.41) is 0. The average Bonchev–Trinajstić information content (AvgIpc) is 1.88. The molecule has 58 valence electrons. The minimum atomic E-state index is -2.39. The highest BCUT2D eigenvalue weighted by Gasteiger charge is 2.33. The molecule has 1 aliphatic carbocycles. The van der Waals surface area contributed by atoms with Crippen LogP contribution in [0.1, 0.15) is 25.7 Å². The zero-order chi connectivity index (χ0) is 7.61. The Balaban J connectivity index is 2.38. The highest BCUT2D eigenvalue weighted by Crippen LogP contribution is 2.36. The van der Waals surface area contributed by atoms with E-state index in [1.807, 2.05) is 0 Å². The van der Waals surface area contributed by atoms with Crippen LogP contribution >= 0.6 is 0 Å². The lowest BCUT2D eigenvalue weighted by Gasteiger charge is -2.25. The molecular weight excluding hydrogens is 134 g/mol. The van der Waals surface area contributed by atoms with Gasteiger partial charge in [-0.3, -0.25) is 0 Å². The third kappa shape index (κ3) is 1.79. The van der Waals surface area contributed by atoms with Crippen molar-refractivity contribution >= 4 is 0 Å². The molecule has 0 heterocycles. The third-order valence-corrected chi connectivity index (χ3v) is 2.10. The second-order valence-electron chi connectivity index (χ2n) is 2.93. The quantitative estimate of drug-likeness (QED) is 0.499.